The van der Waals surface area contributed by atoms with Crippen LogP contribution in [0.5, 0.6) is 0 Å². The maximum Gasteiger partial charge on any atom is 0.342 e. The van der Waals surface area contributed by atoms with Crippen LogP contribution in [0.1, 0.15) is 59.3 Å². The number of amides is 3. The summed E-state index contributed by atoms with van der Waals surface area (Å²) in [5, 5.41) is 0. The van der Waals surface area contributed by atoms with Crippen molar-refractivity contribution >= 4 is 23.7 Å². The maximum absolute atomic E-state index is 12.1. The number of urea groups is 1. The fraction of sp³-hybridized carbons (Fsp3) is 0.875. The molecule has 0 saturated carbocycles. The predicted molar refractivity (Wildman–Crippen MR) is 89.8 cm³/mol. The van der Waals surface area contributed by atoms with E-state index in [0.717, 1.165) is 30.4 Å². The molecule has 0 aromatic carbocycles. The Morgan fingerprint density at radius 2 is 1.64 bits per heavy atom. The number of hydrogen-bond acceptors (Lipinski definition) is 3. The molecule has 0 radical (unpaired) electrons. The summed E-state index contributed by atoms with van der Waals surface area (Å²) < 4.78 is 1.01. The average molecular weight is 332 g/mol. The van der Waals surface area contributed by atoms with E-state index >= 15 is 0 Å². The van der Waals surface area contributed by atoms with Gasteiger partial charge in [-0.15, -0.1) is 0 Å². The Labute approximate surface area is 139 Å². The topological polar surface area (TPSA) is 43.9 Å². The molecule has 0 atom stereocenters. The molecular formula is C16H30ClN3O2. The minimum Gasteiger partial charge on any atom is -0.306 e. The number of halogens is 1. The Morgan fingerprint density at radius 1 is 1.05 bits per heavy atom. The number of carbonyl (C=O) groups is 2. The van der Waals surface area contributed by atoms with Crippen molar-refractivity contribution in [2.75, 3.05) is 26.7 Å². The lowest BCUT2D eigenvalue weighted by Gasteiger charge is -2.19. The second-order valence-corrected chi connectivity index (χ2v) is 6.99. The third-order valence-electron chi connectivity index (χ3n) is 4.22. The lowest BCUT2D eigenvalue weighted by atomic mass is 10.1. The number of unbranched alkanes of at least 4 members (excludes halogenated alkanes) is 4. The molecule has 6 heteroatoms. The van der Waals surface area contributed by atoms with Crippen LogP contribution in [0.4, 0.5) is 4.79 Å². The molecule has 1 rings (SSSR count). The van der Waals surface area contributed by atoms with Crippen LogP contribution < -0.4 is 0 Å². The molecule has 1 aliphatic rings. The van der Waals surface area contributed by atoms with Crippen LogP contribution in [0.3, 0.4) is 0 Å². The Bertz CT molecular complexity index is 388. The van der Waals surface area contributed by atoms with Crippen LogP contribution >= 0.6 is 11.8 Å². The van der Waals surface area contributed by atoms with Gasteiger partial charge in [0.15, 0.2) is 0 Å². The second-order valence-electron chi connectivity index (χ2n) is 6.65. The van der Waals surface area contributed by atoms with Crippen LogP contribution in [0, 0.1) is 0 Å². The highest BCUT2D eigenvalue weighted by molar-refractivity contribution is 6.27. The summed E-state index contributed by atoms with van der Waals surface area (Å²) in [5.74, 6) is -0.208. The van der Waals surface area contributed by atoms with Crippen LogP contribution in [0.15, 0.2) is 0 Å². The third-order valence-corrected chi connectivity index (χ3v) is 4.79. The SMILES string of the molecule is CCCCCCN(C)CCCCN1C(=O)N(Cl)C(C)(C)C1=O. The van der Waals surface area contributed by atoms with Crippen molar-refractivity contribution in [3.05, 3.63) is 0 Å². The molecule has 0 N–H and O–H groups in total. The summed E-state index contributed by atoms with van der Waals surface area (Å²) in [6.07, 6.45) is 6.88. The van der Waals surface area contributed by atoms with Gasteiger partial charge in [-0.2, -0.15) is 0 Å². The minimum absolute atomic E-state index is 0.208. The Hall–Kier alpha value is -0.810. The van der Waals surface area contributed by atoms with Gasteiger partial charge in [0.05, 0.1) is 0 Å². The van der Waals surface area contributed by atoms with Crippen molar-refractivity contribution in [2.45, 2.75) is 64.8 Å². The highest BCUT2D eigenvalue weighted by Gasteiger charge is 2.50. The normalized spacial score (nSPS) is 17.9. The molecule has 1 aliphatic heterocycles. The summed E-state index contributed by atoms with van der Waals surface area (Å²) in [6, 6.07) is -0.399. The molecule has 0 spiro atoms. The van der Waals surface area contributed by atoms with Gasteiger partial charge in [-0.05, 0) is 53.2 Å². The number of carbonyl (C=O) groups excluding carboxylic acids is 2. The first-order valence-corrected chi connectivity index (χ1v) is 8.66. The number of hydrogen-bond donors (Lipinski definition) is 0. The van der Waals surface area contributed by atoms with Crippen LogP contribution in [0.2, 0.25) is 0 Å². The van der Waals surface area contributed by atoms with E-state index in [2.05, 4.69) is 18.9 Å². The Kier molecular flexibility index (Phi) is 7.63. The fourth-order valence-electron chi connectivity index (χ4n) is 2.62. The van der Waals surface area contributed by atoms with E-state index in [1.54, 1.807) is 13.8 Å². The van der Waals surface area contributed by atoms with E-state index < -0.39 is 11.6 Å². The first-order valence-electron chi connectivity index (χ1n) is 8.32. The molecule has 0 unspecified atom stereocenters. The first kappa shape index (κ1) is 19.2. The van der Waals surface area contributed by atoms with Gasteiger partial charge in [0.1, 0.15) is 5.54 Å². The Morgan fingerprint density at radius 3 is 2.14 bits per heavy atom. The van der Waals surface area contributed by atoms with Crippen molar-refractivity contribution < 1.29 is 9.59 Å². The van der Waals surface area contributed by atoms with Gasteiger partial charge in [0.2, 0.25) is 0 Å². The quantitative estimate of drug-likeness (QED) is 0.350. The molecule has 3 amide bonds. The van der Waals surface area contributed by atoms with E-state index in [0.29, 0.717) is 6.54 Å². The summed E-state index contributed by atoms with van der Waals surface area (Å²) in [5.41, 5.74) is -0.936. The summed E-state index contributed by atoms with van der Waals surface area (Å²) >= 11 is 5.90. The third kappa shape index (κ3) is 4.85. The van der Waals surface area contributed by atoms with Gasteiger partial charge in [-0.1, -0.05) is 26.2 Å². The predicted octanol–water partition coefficient (Wildman–Crippen LogP) is 3.48. The maximum atomic E-state index is 12.1. The van der Waals surface area contributed by atoms with Gasteiger partial charge in [0, 0.05) is 18.3 Å². The highest BCUT2D eigenvalue weighted by atomic mass is 35.5. The lowest BCUT2D eigenvalue weighted by molar-refractivity contribution is -0.131. The molecule has 22 heavy (non-hydrogen) atoms. The first-order chi connectivity index (χ1) is 10.3. The zero-order chi connectivity index (χ0) is 16.8. The zero-order valence-corrected chi connectivity index (χ0v) is 15.2. The molecule has 1 saturated heterocycles. The van der Waals surface area contributed by atoms with Gasteiger partial charge >= 0.3 is 6.03 Å². The van der Waals surface area contributed by atoms with E-state index in [1.807, 2.05) is 0 Å². The van der Waals surface area contributed by atoms with Crippen molar-refractivity contribution in [3.63, 3.8) is 0 Å². The molecule has 0 aromatic heterocycles. The van der Waals surface area contributed by atoms with Crippen LogP contribution in [-0.4, -0.2) is 58.4 Å². The number of imide groups is 1. The second kappa shape index (κ2) is 8.73. The largest absolute Gasteiger partial charge is 0.342 e. The average Bonchev–Trinajstić information content (AvgIpc) is 2.62. The molecule has 0 bridgehead atoms. The van der Waals surface area contributed by atoms with Crippen LogP contribution in [0.25, 0.3) is 0 Å². The van der Waals surface area contributed by atoms with E-state index in [-0.39, 0.29) is 5.91 Å². The molecule has 0 aromatic rings. The highest BCUT2D eigenvalue weighted by Crippen LogP contribution is 2.29. The minimum atomic E-state index is -0.936. The fourth-order valence-corrected chi connectivity index (χ4v) is 2.78. The smallest absolute Gasteiger partial charge is 0.306 e. The number of rotatable bonds is 10. The van der Waals surface area contributed by atoms with Crippen molar-refractivity contribution in [1.82, 2.24) is 14.2 Å². The summed E-state index contributed by atoms with van der Waals surface area (Å²) in [4.78, 5) is 27.7. The van der Waals surface area contributed by atoms with Crippen molar-refractivity contribution in [3.8, 4) is 0 Å². The molecule has 128 valence electrons. The van der Waals surface area contributed by atoms with E-state index in [9.17, 15) is 9.59 Å². The van der Waals surface area contributed by atoms with E-state index in [4.69, 9.17) is 11.8 Å². The molecule has 1 fully saturated rings. The van der Waals surface area contributed by atoms with Crippen LogP contribution in [-0.2, 0) is 4.79 Å². The molecule has 5 nitrogen and oxygen atoms in total. The lowest BCUT2D eigenvalue weighted by Crippen LogP contribution is -2.39. The molecular weight excluding hydrogens is 302 g/mol. The Balaban J connectivity index is 2.22. The molecule has 1 heterocycles. The number of nitrogens with zero attached hydrogens (tertiary/aromatic N) is 3. The van der Waals surface area contributed by atoms with Gasteiger partial charge < -0.3 is 4.90 Å². The van der Waals surface area contributed by atoms with Gasteiger partial charge in [0.25, 0.3) is 5.91 Å². The van der Waals surface area contributed by atoms with Gasteiger partial charge in [-0.3, -0.25) is 9.69 Å². The monoisotopic (exact) mass is 331 g/mol. The zero-order valence-electron chi connectivity index (χ0n) is 14.4. The summed E-state index contributed by atoms with van der Waals surface area (Å²) in [7, 11) is 2.13. The standard InChI is InChI=1S/C16H30ClN3O2/c1-5-6-7-8-11-18(4)12-9-10-13-19-14(21)16(2,3)20(17)15(19)22/h5-13H2,1-4H3. The molecule has 0 aliphatic carbocycles. The summed E-state index contributed by atoms with van der Waals surface area (Å²) in [6.45, 7) is 8.12. The van der Waals surface area contributed by atoms with Crippen molar-refractivity contribution in [1.29, 1.82) is 0 Å². The van der Waals surface area contributed by atoms with Crippen molar-refractivity contribution in [2.24, 2.45) is 0 Å². The van der Waals surface area contributed by atoms with Gasteiger partial charge in [-0.25, -0.2) is 9.21 Å². The van der Waals surface area contributed by atoms with E-state index in [1.165, 1.54) is 30.6 Å².